The summed E-state index contributed by atoms with van der Waals surface area (Å²) in [4.78, 5) is 11.1. The molecular weight excluding hydrogens is 199 g/mol. The molecule has 2 unspecified atom stereocenters. The molecule has 3 nitrogen and oxygen atoms in total. The normalized spacial score (nSPS) is 15.7. The quantitative estimate of drug-likeness (QED) is 0.508. The number of hydrogen-bond donors (Lipinski definition) is 0. The summed E-state index contributed by atoms with van der Waals surface area (Å²) in [5.74, 6) is -0.248. The summed E-state index contributed by atoms with van der Waals surface area (Å²) in [5.41, 5.74) is 0. The molecule has 88 valence electrons. The molecule has 4 heteroatoms. The summed E-state index contributed by atoms with van der Waals surface area (Å²) in [7, 11) is 0. The summed E-state index contributed by atoms with van der Waals surface area (Å²) >= 11 is 0. The predicted molar refractivity (Wildman–Crippen MR) is 56.1 cm³/mol. The van der Waals surface area contributed by atoms with Crippen LogP contribution >= 0.6 is 0 Å². The molecule has 0 rings (SSSR count). The van der Waals surface area contributed by atoms with Gasteiger partial charge in [-0.2, -0.15) is 0 Å². The Morgan fingerprint density at radius 1 is 1.47 bits per heavy atom. The molecule has 0 aliphatic heterocycles. The predicted octanol–water partition coefficient (Wildman–Crippen LogP) is 2.61. The lowest BCUT2D eigenvalue weighted by atomic mass is 10.2. The number of carbonyl (C=O) groups is 1. The van der Waals surface area contributed by atoms with Gasteiger partial charge in [0.25, 0.3) is 0 Å². The van der Waals surface area contributed by atoms with Gasteiger partial charge in [-0.1, -0.05) is 6.92 Å². The van der Waals surface area contributed by atoms with Crippen molar-refractivity contribution in [2.24, 2.45) is 0 Å². The first-order chi connectivity index (χ1) is 7.06. The van der Waals surface area contributed by atoms with E-state index in [1.54, 1.807) is 33.8 Å². The van der Waals surface area contributed by atoms with Gasteiger partial charge in [0.2, 0.25) is 6.17 Å². The number of halogens is 1. The van der Waals surface area contributed by atoms with Crippen molar-refractivity contribution >= 4 is 5.97 Å². The Balaban J connectivity index is 4.33. The molecular formula is C11H19FO3. The molecule has 0 fully saturated rings. The van der Waals surface area contributed by atoms with Gasteiger partial charge in [0.05, 0.1) is 12.4 Å². The summed E-state index contributed by atoms with van der Waals surface area (Å²) < 4.78 is 23.4. The smallest absolute Gasteiger partial charge is 0.344 e. The van der Waals surface area contributed by atoms with Crippen LogP contribution in [0.25, 0.3) is 0 Å². The van der Waals surface area contributed by atoms with Crippen LogP contribution in [0.3, 0.4) is 0 Å². The van der Waals surface area contributed by atoms with Crippen LogP contribution in [0.1, 0.15) is 34.1 Å². The Kier molecular flexibility index (Phi) is 6.75. The van der Waals surface area contributed by atoms with Crippen LogP contribution in [0.2, 0.25) is 0 Å². The zero-order valence-electron chi connectivity index (χ0n) is 9.75. The molecule has 0 saturated heterocycles. The summed E-state index contributed by atoms with van der Waals surface area (Å²) in [6, 6.07) is 0. The Morgan fingerprint density at radius 3 is 2.47 bits per heavy atom. The van der Waals surface area contributed by atoms with E-state index in [0.29, 0.717) is 12.2 Å². The van der Waals surface area contributed by atoms with E-state index in [1.165, 1.54) is 0 Å². The van der Waals surface area contributed by atoms with Crippen LogP contribution in [-0.4, -0.2) is 24.9 Å². The molecule has 0 aliphatic carbocycles. The molecule has 0 aliphatic rings. The van der Waals surface area contributed by atoms with Crippen LogP contribution in [0, 0.1) is 0 Å². The van der Waals surface area contributed by atoms with Gasteiger partial charge >= 0.3 is 5.97 Å². The van der Waals surface area contributed by atoms with Crippen molar-refractivity contribution in [1.29, 1.82) is 0 Å². The molecule has 0 aromatic carbocycles. The zero-order chi connectivity index (χ0) is 11.8. The average molecular weight is 218 g/mol. The molecule has 0 heterocycles. The van der Waals surface area contributed by atoms with Gasteiger partial charge in [-0.15, -0.1) is 0 Å². The summed E-state index contributed by atoms with van der Waals surface area (Å²) in [6.07, 6.45) is -0.337. The first-order valence-electron chi connectivity index (χ1n) is 5.17. The lowest BCUT2D eigenvalue weighted by Crippen LogP contribution is -2.33. The molecule has 2 atom stereocenters. The Labute approximate surface area is 90.3 Å². The second-order valence-electron chi connectivity index (χ2n) is 3.12. The van der Waals surface area contributed by atoms with Crippen molar-refractivity contribution in [1.82, 2.24) is 0 Å². The van der Waals surface area contributed by atoms with E-state index in [4.69, 9.17) is 4.74 Å². The average Bonchev–Trinajstić information content (AvgIpc) is 2.24. The number of ether oxygens (including phenoxy) is 2. The van der Waals surface area contributed by atoms with E-state index in [0.717, 1.165) is 0 Å². The van der Waals surface area contributed by atoms with Crippen molar-refractivity contribution < 1.29 is 18.7 Å². The first kappa shape index (κ1) is 13.9. The monoisotopic (exact) mass is 218 g/mol. The van der Waals surface area contributed by atoms with E-state index in [2.05, 4.69) is 4.74 Å². The SMILES string of the molecule is CC=C(C)OC(CC)C(F)C(=O)OCC. The topological polar surface area (TPSA) is 35.5 Å². The van der Waals surface area contributed by atoms with Gasteiger partial charge in [-0.3, -0.25) is 0 Å². The second kappa shape index (κ2) is 7.26. The Morgan fingerprint density at radius 2 is 2.07 bits per heavy atom. The molecule has 0 aromatic heterocycles. The second-order valence-corrected chi connectivity index (χ2v) is 3.12. The van der Waals surface area contributed by atoms with Crippen molar-refractivity contribution in [2.75, 3.05) is 6.61 Å². The zero-order valence-corrected chi connectivity index (χ0v) is 9.75. The Hall–Kier alpha value is -1.06. The third-order valence-electron chi connectivity index (χ3n) is 1.98. The van der Waals surface area contributed by atoms with Crippen LogP contribution in [0.4, 0.5) is 4.39 Å². The third-order valence-corrected chi connectivity index (χ3v) is 1.98. The molecule has 0 aromatic rings. The van der Waals surface area contributed by atoms with Gasteiger partial charge in [-0.05, 0) is 33.3 Å². The number of carbonyl (C=O) groups excluding carboxylic acids is 1. The van der Waals surface area contributed by atoms with E-state index in [1.807, 2.05) is 0 Å². The summed E-state index contributed by atoms with van der Waals surface area (Å²) in [5, 5.41) is 0. The van der Waals surface area contributed by atoms with Gasteiger partial charge in [0, 0.05) is 0 Å². The van der Waals surface area contributed by atoms with Crippen LogP contribution < -0.4 is 0 Å². The largest absolute Gasteiger partial charge is 0.492 e. The van der Waals surface area contributed by atoms with Crippen molar-refractivity contribution in [3.8, 4) is 0 Å². The minimum absolute atomic E-state index is 0.179. The number of esters is 1. The number of allylic oxidation sites excluding steroid dienone is 2. The minimum atomic E-state index is -1.72. The highest BCUT2D eigenvalue weighted by atomic mass is 19.1. The molecule has 0 bridgehead atoms. The molecule has 0 saturated carbocycles. The van der Waals surface area contributed by atoms with E-state index in [-0.39, 0.29) is 6.61 Å². The highest BCUT2D eigenvalue weighted by molar-refractivity contribution is 5.75. The van der Waals surface area contributed by atoms with E-state index in [9.17, 15) is 9.18 Å². The van der Waals surface area contributed by atoms with Crippen molar-refractivity contribution in [2.45, 2.75) is 46.4 Å². The summed E-state index contributed by atoms with van der Waals surface area (Å²) in [6.45, 7) is 7.10. The third kappa shape index (κ3) is 4.81. The maximum absolute atomic E-state index is 13.5. The van der Waals surface area contributed by atoms with E-state index < -0.39 is 18.2 Å². The van der Waals surface area contributed by atoms with Crippen LogP contribution in [0.5, 0.6) is 0 Å². The van der Waals surface area contributed by atoms with Gasteiger partial charge in [-0.25, -0.2) is 9.18 Å². The lowest BCUT2D eigenvalue weighted by Gasteiger charge is -2.20. The maximum Gasteiger partial charge on any atom is 0.344 e. The highest BCUT2D eigenvalue weighted by Crippen LogP contribution is 2.14. The highest BCUT2D eigenvalue weighted by Gasteiger charge is 2.29. The Bertz CT molecular complexity index is 226. The van der Waals surface area contributed by atoms with Gasteiger partial charge < -0.3 is 9.47 Å². The van der Waals surface area contributed by atoms with Crippen molar-refractivity contribution in [3.63, 3.8) is 0 Å². The lowest BCUT2D eigenvalue weighted by molar-refractivity contribution is -0.154. The molecule has 15 heavy (non-hydrogen) atoms. The molecule has 0 spiro atoms. The van der Waals surface area contributed by atoms with Gasteiger partial charge in [0.1, 0.15) is 6.10 Å². The maximum atomic E-state index is 13.5. The molecule has 0 N–H and O–H groups in total. The number of hydrogen-bond acceptors (Lipinski definition) is 3. The fraction of sp³-hybridized carbons (Fsp3) is 0.727. The fourth-order valence-electron chi connectivity index (χ4n) is 1.03. The minimum Gasteiger partial charge on any atom is -0.492 e. The standard InChI is InChI=1S/C11H19FO3/c1-5-8(4)15-9(6-2)10(12)11(13)14-7-3/h5,9-10H,6-7H2,1-4H3. The van der Waals surface area contributed by atoms with Gasteiger partial charge in [0.15, 0.2) is 0 Å². The molecule has 0 radical (unpaired) electrons. The van der Waals surface area contributed by atoms with Crippen molar-refractivity contribution in [3.05, 3.63) is 11.8 Å². The van der Waals surface area contributed by atoms with E-state index >= 15 is 0 Å². The van der Waals surface area contributed by atoms with Crippen LogP contribution in [-0.2, 0) is 14.3 Å². The fourth-order valence-corrected chi connectivity index (χ4v) is 1.03. The molecule has 0 amide bonds. The first-order valence-corrected chi connectivity index (χ1v) is 5.17. The number of rotatable bonds is 6. The van der Waals surface area contributed by atoms with Crippen LogP contribution in [0.15, 0.2) is 11.8 Å². The number of alkyl halides is 1.